The van der Waals surface area contributed by atoms with Crippen LogP contribution >= 0.6 is 0 Å². The van der Waals surface area contributed by atoms with Crippen molar-refractivity contribution in [2.75, 3.05) is 20.3 Å². The molecule has 0 unspecified atom stereocenters. The van der Waals surface area contributed by atoms with Crippen LogP contribution in [0.4, 0.5) is 0 Å². The number of hydrogen-bond acceptors (Lipinski definition) is 10. The van der Waals surface area contributed by atoms with Crippen molar-refractivity contribution in [2.45, 2.75) is 95.8 Å². The third kappa shape index (κ3) is 4.82. The van der Waals surface area contributed by atoms with Gasteiger partial charge in [-0.25, -0.2) is 4.79 Å². The zero-order valence-electron chi connectivity index (χ0n) is 24.6. The Labute approximate surface area is 245 Å². The summed E-state index contributed by atoms with van der Waals surface area (Å²) in [6.45, 7) is 3.17. The van der Waals surface area contributed by atoms with Gasteiger partial charge in [0.1, 0.15) is 17.4 Å². The van der Waals surface area contributed by atoms with E-state index < -0.39 is 53.4 Å². The number of hydrogen-bond donors (Lipinski definition) is 2. The molecule has 0 radical (unpaired) electrons. The lowest BCUT2D eigenvalue weighted by Gasteiger charge is -2.57. The van der Waals surface area contributed by atoms with Crippen molar-refractivity contribution in [3.63, 3.8) is 0 Å². The Morgan fingerprint density at radius 1 is 1.07 bits per heavy atom. The first-order valence-electron chi connectivity index (χ1n) is 15.0. The number of nitrogens with zero attached hydrogens (tertiary/aromatic N) is 1. The SMILES string of the molecule is COC(=O)[C@H]1C[C@H](O)CN1C(=O)CCC(=O)OCC(=O)[C@@]1(O)CC[C@H]2[C@@H]3CCC4=CC(=O)CC[C@]4(C)[C@H]3C(=O)C[C@@]21C. The Bertz CT molecular complexity index is 1240. The second kappa shape index (κ2) is 11.0. The number of methoxy groups -OCH3 is 1. The zero-order valence-corrected chi connectivity index (χ0v) is 24.6. The molecular formula is C31H41NO10. The molecule has 2 N–H and O–H groups in total. The molecule has 1 saturated heterocycles. The Balaban J connectivity index is 1.20. The Morgan fingerprint density at radius 3 is 2.52 bits per heavy atom. The second-order valence-electron chi connectivity index (χ2n) is 13.4. The van der Waals surface area contributed by atoms with Crippen LogP contribution < -0.4 is 0 Å². The highest BCUT2D eigenvalue weighted by molar-refractivity contribution is 5.95. The molecule has 5 rings (SSSR count). The van der Waals surface area contributed by atoms with E-state index in [0.717, 1.165) is 18.4 Å². The van der Waals surface area contributed by atoms with Crippen LogP contribution in [0.25, 0.3) is 0 Å². The van der Waals surface area contributed by atoms with Crippen molar-refractivity contribution < 1.29 is 48.5 Å². The molecule has 5 aliphatic rings. The Hall–Kier alpha value is -2.92. The van der Waals surface area contributed by atoms with Crippen molar-refractivity contribution in [1.82, 2.24) is 4.90 Å². The maximum Gasteiger partial charge on any atom is 0.328 e. The smallest absolute Gasteiger partial charge is 0.328 e. The number of ether oxygens (including phenoxy) is 2. The van der Waals surface area contributed by atoms with Crippen molar-refractivity contribution in [3.8, 4) is 0 Å². The summed E-state index contributed by atoms with van der Waals surface area (Å²) >= 11 is 0. The van der Waals surface area contributed by atoms with Gasteiger partial charge in [0.25, 0.3) is 0 Å². The molecule has 0 bridgehead atoms. The molecule has 3 saturated carbocycles. The molecule has 1 heterocycles. The van der Waals surface area contributed by atoms with Gasteiger partial charge in [0.15, 0.2) is 12.4 Å². The molecule has 11 nitrogen and oxygen atoms in total. The predicted octanol–water partition coefficient (Wildman–Crippen LogP) is 1.46. The van der Waals surface area contributed by atoms with Gasteiger partial charge in [0, 0.05) is 43.6 Å². The van der Waals surface area contributed by atoms with Gasteiger partial charge in [-0.05, 0) is 55.4 Å². The first-order valence-corrected chi connectivity index (χ1v) is 15.0. The summed E-state index contributed by atoms with van der Waals surface area (Å²) in [5, 5.41) is 21.7. The molecule has 0 aromatic carbocycles. The normalized spacial score (nSPS) is 39.1. The quantitative estimate of drug-likeness (QED) is 0.417. The minimum Gasteiger partial charge on any atom is -0.467 e. The van der Waals surface area contributed by atoms with E-state index in [4.69, 9.17) is 9.47 Å². The third-order valence-electron chi connectivity index (χ3n) is 11.2. The molecule has 0 aromatic heterocycles. The van der Waals surface area contributed by atoms with E-state index in [0.29, 0.717) is 19.3 Å². The summed E-state index contributed by atoms with van der Waals surface area (Å²) in [6, 6.07) is -0.923. The fourth-order valence-corrected chi connectivity index (χ4v) is 8.98. The molecule has 1 amide bonds. The fourth-order valence-electron chi connectivity index (χ4n) is 8.98. The predicted molar refractivity (Wildman–Crippen MR) is 145 cm³/mol. The second-order valence-corrected chi connectivity index (χ2v) is 13.4. The lowest BCUT2D eigenvalue weighted by Crippen LogP contribution is -2.61. The van der Waals surface area contributed by atoms with Crippen molar-refractivity contribution in [2.24, 2.45) is 28.6 Å². The average molecular weight is 588 g/mol. The molecule has 230 valence electrons. The molecular weight excluding hydrogens is 546 g/mol. The van der Waals surface area contributed by atoms with E-state index in [2.05, 4.69) is 6.92 Å². The van der Waals surface area contributed by atoms with Gasteiger partial charge in [0.05, 0.1) is 19.6 Å². The van der Waals surface area contributed by atoms with Gasteiger partial charge < -0.3 is 24.6 Å². The number of allylic oxidation sites excluding steroid dienone is 1. The van der Waals surface area contributed by atoms with Crippen molar-refractivity contribution in [1.29, 1.82) is 0 Å². The van der Waals surface area contributed by atoms with E-state index in [9.17, 15) is 39.0 Å². The summed E-state index contributed by atoms with van der Waals surface area (Å²) in [5.74, 6) is -2.81. The standard InChI is InChI=1S/C31H41NO10/c1-29-10-8-18(33)12-17(29)4-5-20-21-9-11-31(40,30(21,2)14-23(35)27(20)29)24(36)16-42-26(38)7-6-25(37)32-15-19(34)13-22(32)28(39)41-3/h12,19-22,27,34,40H,4-11,13-16H2,1-3H3/t19-,20-,21-,22+,27+,29-,30-,31-/m0/s1. The molecule has 0 aromatic rings. The summed E-state index contributed by atoms with van der Waals surface area (Å²) in [6.07, 6.45) is 3.58. The first kappa shape index (κ1) is 30.5. The average Bonchev–Trinajstić information content (AvgIpc) is 3.47. The molecule has 1 aliphatic heterocycles. The molecule has 4 fully saturated rings. The number of aliphatic hydroxyl groups is 2. The van der Waals surface area contributed by atoms with E-state index in [1.165, 1.54) is 12.0 Å². The number of rotatable bonds is 7. The molecule has 42 heavy (non-hydrogen) atoms. The fraction of sp³-hybridized carbons (Fsp3) is 0.742. The van der Waals surface area contributed by atoms with E-state index >= 15 is 0 Å². The summed E-state index contributed by atoms with van der Waals surface area (Å²) in [5.41, 5.74) is -2.15. The van der Waals surface area contributed by atoms with Gasteiger partial charge in [-0.15, -0.1) is 0 Å². The number of ketones is 3. The number of amides is 1. The lowest BCUT2D eigenvalue weighted by molar-refractivity contribution is -0.174. The number of aliphatic hydroxyl groups excluding tert-OH is 1. The zero-order chi connectivity index (χ0) is 30.6. The van der Waals surface area contributed by atoms with Gasteiger partial charge >= 0.3 is 11.9 Å². The lowest BCUT2D eigenvalue weighted by atomic mass is 9.46. The largest absolute Gasteiger partial charge is 0.467 e. The summed E-state index contributed by atoms with van der Waals surface area (Å²) < 4.78 is 9.87. The van der Waals surface area contributed by atoms with Crippen molar-refractivity contribution >= 4 is 35.2 Å². The number of carbonyl (C=O) groups is 6. The molecule has 8 atom stereocenters. The maximum atomic E-state index is 13.8. The maximum absolute atomic E-state index is 13.8. The van der Waals surface area contributed by atoms with Crippen LogP contribution in [0.2, 0.25) is 0 Å². The third-order valence-corrected chi connectivity index (χ3v) is 11.2. The number of esters is 2. The number of Topliss-reactive ketones (excluding diaryl/α,β-unsaturated/α-hetero) is 2. The number of β-amino-alcohol motifs (C(OH)–C–C–N with tert-alkyl or cyclic N) is 1. The van der Waals surface area contributed by atoms with Crippen molar-refractivity contribution in [3.05, 3.63) is 11.6 Å². The topological polar surface area (TPSA) is 165 Å². The van der Waals surface area contributed by atoms with Gasteiger partial charge in [-0.3, -0.25) is 24.0 Å². The minimum atomic E-state index is -1.83. The Kier molecular flexibility index (Phi) is 7.98. The van der Waals surface area contributed by atoms with Crippen LogP contribution in [0.3, 0.4) is 0 Å². The van der Waals surface area contributed by atoms with Gasteiger partial charge in [-0.1, -0.05) is 19.4 Å². The molecule has 11 heteroatoms. The van der Waals surface area contributed by atoms with Crippen LogP contribution in [0.1, 0.15) is 78.1 Å². The minimum absolute atomic E-state index is 0.0000822. The van der Waals surface area contributed by atoms with E-state index in [-0.39, 0.29) is 73.4 Å². The summed E-state index contributed by atoms with van der Waals surface area (Å²) in [7, 11) is 1.19. The highest BCUT2D eigenvalue weighted by Crippen LogP contribution is 2.66. The van der Waals surface area contributed by atoms with E-state index in [1.807, 2.05) is 0 Å². The molecule has 4 aliphatic carbocycles. The summed E-state index contributed by atoms with van der Waals surface area (Å²) in [4.78, 5) is 77.5. The Morgan fingerprint density at radius 2 is 1.81 bits per heavy atom. The highest BCUT2D eigenvalue weighted by Gasteiger charge is 2.68. The monoisotopic (exact) mass is 587 g/mol. The van der Waals surface area contributed by atoms with E-state index in [1.54, 1.807) is 13.0 Å². The van der Waals surface area contributed by atoms with Crippen LogP contribution in [0, 0.1) is 28.6 Å². The van der Waals surface area contributed by atoms with Gasteiger partial charge in [-0.2, -0.15) is 0 Å². The van der Waals surface area contributed by atoms with Crippen LogP contribution in [-0.2, 0) is 38.2 Å². The van der Waals surface area contributed by atoms with Gasteiger partial charge in [0.2, 0.25) is 11.7 Å². The van der Waals surface area contributed by atoms with Crippen LogP contribution in [0.5, 0.6) is 0 Å². The van der Waals surface area contributed by atoms with Crippen LogP contribution in [0.15, 0.2) is 11.6 Å². The number of likely N-dealkylation sites (tertiary alicyclic amines) is 1. The van der Waals surface area contributed by atoms with Crippen LogP contribution in [-0.4, -0.2) is 88.3 Å². The highest BCUT2D eigenvalue weighted by atomic mass is 16.5. The first-order chi connectivity index (χ1) is 19.7. The number of fused-ring (bicyclic) bond motifs is 5. The number of carbonyl (C=O) groups excluding carboxylic acids is 6. The molecule has 0 spiro atoms.